The Morgan fingerprint density at radius 1 is 1.27 bits per heavy atom. The van der Waals surface area contributed by atoms with Crippen LogP contribution in [0.1, 0.15) is 51.0 Å². The minimum absolute atomic E-state index is 0.00708. The van der Waals surface area contributed by atoms with Gasteiger partial charge in [-0.1, -0.05) is 56.5 Å². The second-order valence-corrected chi connectivity index (χ2v) is 8.34. The molecule has 1 saturated carbocycles. The van der Waals surface area contributed by atoms with Crippen LogP contribution in [0.4, 0.5) is 0 Å². The largest absolute Gasteiger partial charge is 0.355 e. The summed E-state index contributed by atoms with van der Waals surface area (Å²) in [6.45, 7) is 2.97. The van der Waals surface area contributed by atoms with Crippen molar-refractivity contribution in [3.05, 3.63) is 40.8 Å². The zero-order valence-corrected chi connectivity index (χ0v) is 16.3. The Morgan fingerprint density at radius 2 is 2.04 bits per heavy atom. The summed E-state index contributed by atoms with van der Waals surface area (Å²) in [4.78, 5) is 28.0. The van der Waals surface area contributed by atoms with Crippen molar-refractivity contribution in [2.45, 2.75) is 56.7 Å². The van der Waals surface area contributed by atoms with E-state index in [4.69, 9.17) is 0 Å². The molecule has 1 aromatic carbocycles. The van der Waals surface area contributed by atoms with Crippen LogP contribution >= 0.6 is 11.8 Å². The number of nitrogens with zero attached hydrogens (tertiary/aromatic N) is 1. The number of amides is 2. The molecule has 1 saturated heterocycles. The van der Waals surface area contributed by atoms with Crippen LogP contribution in [0.2, 0.25) is 0 Å². The Labute approximate surface area is 160 Å². The number of rotatable bonds is 6. The molecule has 5 heteroatoms. The molecule has 2 unspecified atom stereocenters. The fraction of sp³-hybridized carbons (Fsp3) is 0.524. The van der Waals surface area contributed by atoms with Gasteiger partial charge in [0.1, 0.15) is 6.54 Å². The van der Waals surface area contributed by atoms with Gasteiger partial charge in [-0.05, 0) is 30.9 Å². The monoisotopic (exact) mass is 372 g/mol. The van der Waals surface area contributed by atoms with Gasteiger partial charge in [-0.25, -0.2) is 0 Å². The molecular formula is C21H28N2O2S. The molecule has 26 heavy (non-hydrogen) atoms. The van der Waals surface area contributed by atoms with Crippen molar-refractivity contribution in [2.75, 3.05) is 13.1 Å². The smallest absolute Gasteiger partial charge is 0.261 e. The van der Waals surface area contributed by atoms with Crippen molar-refractivity contribution in [3.63, 3.8) is 0 Å². The molecule has 2 atom stereocenters. The molecule has 2 fully saturated rings. The number of carbonyl (C=O) groups is 2. The maximum absolute atomic E-state index is 13.1. The van der Waals surface area contributed by atoms with E-state index in [9.17, 15) is 9.59 Å². The molecule has 1 aromatic rings. The predicted octanol–water partition coefficient (Wildman–Crippen LogP) is 3.83. The average molecular weight is 373 g/mol. The number of hydrogen-bond donors (Lipinski definition) is 1. The summed E-state index contributed by atoms with van der Waals surface area (Å²) in [7, 11) is 0. The number of benzene rings is 1. The van der Waals surface area contributed by atoms with Gasteiger partial charge >= 0.3 is 0 Å². The first-order chi connectivity index (χ1) is 12.7. The number of unbranched alkanes of at least 4 members (excludes halogenated alkanes) is 1. The van der Waals surface area contributed by atoms with Crippen LogP contribution in [0.25, 0.3) is 6.08 Å². The van der Waals surface area contributed by atoms with Crippen molar-refractivity contribution < 1.29 is 9.59 Å². The number of thioether (sulfide) groups is 1. The quantitative estimate of drug-likeness (QED) is 0.610. The van der Waals surface area contributed by atoms with E-state index >= 15 is 0 Å². The van der Waals surface area contributed by atoms with E-state index in [0.717, 1.165) is 42.6 Å². The maximum atomic E-state index is 13.1. The van der Waals surface area contributed by atoms with Crippen molar-refractivity contribution in [1.82, 2.24) is 10.2 Å². The lowest BCUT2D eigenvalue weighted by Crippen LogP contribution is -2.54. The zero-order chi connectivity index (χ0) is 18.4. The molecule has 3 rings (SSSR count). The minimum Gasteiger partial charge on any atom is -0.355 e. The molecule has 1 aliphatic heterocycles. The summed E-state index contributed by atoms with van der Waals surface area (Å²) >= 11 is 1.71. The summed E-state index contributed by atoms with van der Waals surface area (Å²) in [5, 5.41) is 3.36. The Kier molecular flexibility index (Phi) is 6.78. The normalized spacial score (nSPS) is 24.4. The third-order valence-corrected chi connectivity index (χ3v) is 6.48. The Morgan fingerprint density at radius 3 is 2.81 bits per heavy atom. The van der Waals surface area contributed by atoms with E-state index in [1.807, 2.05) is 41.3 Å². The Bertz CT molecular complexity index is 659. The van der Waals surface area contributed by atoms with Gasteiger partial charge in [0, 0.05) is 17.8 Å². The molecule has 0 spiro atoms. The molecule has 1 aliphatic carbocycles. The molecule has 0 radical (unpaired) electrons. The summed E-state index contributed by atoms with van der Waals surface area (Å²) in [6, 6.07) is 10.1. The van der Waals surface area contributed by atoms with Crippen LogP contribution < -0.4 is 5.32 Å². The highest BCUT2D eigenvalue weighted by molar-refractivity contribution is 8.04. The first-order valence-electron chi connectivity index (χ1n) is 9.70. The van der Waals surface area contributed by atoms with Gasteiger partial charge in [-0.3, -0.25) is 9.59 Å². The second kappa shape index (κ2) is 9.26. The molecule has 140 valence electrons. The number of carbonyl (C=O) groups excluding carboxylic acids is 2. The van der Waals surface area contributed by atoms with Crippen molar-refractivity contribution in [2.24, 2.45) is 0 Å². The van der Waals surface area contributed by atoms with Gasteiger partial charge in [-0.15, -0.1) is 11.8 Å². The molecule has 2 amide bonds. The molecule has 0 bridgehead atoms. The molecule has 1 heterocycles. The van der Waals surface area contributed by atoms with Gasteiger partial charge in [0.25, 0.3) is 5.91 Å². The lowest BCUT2D eigenvalue weighted by Gasteiger charge is -2.43. The van der Waals surface area contributed by atoms with Crippen molar-refractivity contribution >= 4 is 29.7 Å². The summed E-state index contributed by atoms with van der Waals surface area (Å²) in [5.41, 5.74) is 1.03. The fourth-order valence-corrected chi connectivity index (χ4v) is 5.15. The van der Waals surface area contributed by atoms with Gasteiger partial charge in [-0.2, -0.15) is 0 Å². The van der Waals surface area contributed by atoms with Gasteiger partial charge in [0.05, 0.1) is 4.91 Å². The molecular weight excluding hydrogens is 344 g/mol. The van der Waals surface area contributed by atoms with Gasteiger partial charge in [0.2, 0.25) is 5.91 Å². The third-order valence-electron chi connectivity index (χ3n) is 5.08. The summed E-state index contributed by atoms with van der Waals surface area (Å²) in [5.74, 6) is -0.0327. The van der Waals surface area contributed by atoms with E-state index in [2.05, 4.69) is 12.2 Å². The van der Waals surface area contributed by atoms with E-state index < -0.39 is 0 Å². The average Bonchev–Trinajstić information content (AvgIpc) is 2.66. The Balaban J connectivity index is 1.77. The van der Waals surface area contributed by atoms with E-state index in [0.29, 0.717) is 11.8 Å². The van der Waals surface area contributed by atoms with Crippen molar-refractivity contribution in [1.29, 1.82) is 0 Å². The first kappa shape index (κ1) is 19.0. The highest BCUT2D eigenvalue weighted by Gasteiger charge is 2.41. The standard InChI is InChI=1S/C21H28N2O2S/c1-2-3-13-22-20(24)15-23-17-11-7-8-12-18(17)26-19(21(23)25)14-16-9-5-4-6-10-16/h4-6,9-10,14,17-18H,2-3,7-8,11-13,15H2,1H3,(H,22,24)/b19-14-. The zero-order valence-electron chi connectivity index (χ0n) is 15.4. The molecule has 0 aromatic heterocycles. The van der Waals surface area contributed by atoms with Gasteiger partial charge < -0.3 is 10.2 Å². The van der Waals surface area contributed by atoms with Gasteiger partial charge in [0.15, 0.2) is 0 Å². The lowest BCUT2D eigenvalue weighted by atomic mass is 9.93. The summed E-state index contributed by atoms with van der Waals surface area (Å²) in [6.07, 6.45) is 8.46. The first-order valence-corrected chi connectivity index (χ1v) is 10.6. The van der Waals surface area contributed by atoms with Crippen LogP contribution in [0, 0.1) is 0 Å². The van der Waals surface area contributed by atoms with Crippen LogP contribution in [0.15, 0.2) is 35.2 Å². The Hall–Kier alpha value is -1.75. The third kappa shape index (κ3) is 4.70. The van der Waals surface area contributed by atoms with E-state index in [1.54, 1.807) is 11.8 Å². The lowest BCUT2D eigenvalue weighted by molar-refractivity contribution is -0.135. The molecule has 1 N–H and O–H groups in total. The number of hydrogen-bond acceptors (Lipinski definition) is 3. The maximum Gasteiger partial charge on any atom is 0.261 e. The number of nitrogens with one attached hydrogen (secondary N) is 1. The SMILES string of the molecule is CCCCNC(=O)CN1C(=O)/C(=C/c2ccccc2)SC2CCCCC21. The molecule has 2 aliphatic rings. The van der Waals surface area contributed by atoms with Crippen LogP contribution in [-0.4, -0.2) is 41.1 Å². The second-order valence-electron chi connectivity index (χ2n) is 7.06. The fourth-order valence-electron chi connectivity index (χ4n) is 3.68. The minimum atomic E-state index is -0.0397. The topological polar surface area (TPSA) is 49.4 Å². The predicted molar refractivity (Wildman–Crippen MR) is 108 cm³/mol. The van der Waals surface area contributed by atoms with Crippen LogP contribution in [0.5, 0.6) is 0 Å². The highest BCUT2D eigenvalue weighted by atomic mass is 32.2. The van der Waals surface area contributed by atoms with Crippen LogP contribution in [-0.2, 0) is 9.59 Å². The van der Waals surface area contributed by atoms with E-state index in [1.165, 1.54) is 6.42 Å². The van der Waals surface area contributed by atoms with Crippen molar-refractivity contribution in [3.8, 4) is 0 Å². The van der Waals surface area contributed by atoms with Crippen LogP contribution in [0.3, 0.4) is 0 Å². The molecule has 4 nitrogen and oxygen atoms in total. The van der Waals surface area contributed by atoms with E-state index in [-0.39, 0.29) is 24.4 Å². The summed E-state index contributed by atoms with van der Waals surface area (Å²) < 4.78 is 0. The highest BCUT2D eigenvalue weighted by Crippen LogP contribution is 2.42. The number of fused-ring (bicyclic) bond motifs is 1.